The van der Waals surface area contributed by atoms with Crippen LogP contribution in [0.4, 0.5) is 14.5 Å². The normalized spacial score (nSPS) is 11.7. The van der Waals surface area contributed by atoms with Crippen LogP contribution < -0.4 is 10.0 Å². The maximum absolute atomic E-state index is 14.6. The number of nitrogens with one attached hydrogen (secondary N) is 3. The number of H-pyrrole nitrogens is 1. The topological polar surface area (TPSA) is 154 Å². The number of amides is 1. The molecule has 47 heavy (non-hydrogen) atoms. The van der Waals surface area contributed by atoms with E-state index in [1.54, 1.807) is 36.4 Å². The smallest absolute Gasteiger partial charge is 0.303 e. The van der Waals surface area contributed by atoms with Crippen LogP contribution in [0.3, 0.4) is 0 Å². The van der Waals surface area contributed by atoms with Gasteiger partial charge in [0.25, 0.3) is 5.91 Å². The monoisotopic (exact) mass is 658 g/mol. The lowest BCUT2D eigenvalue weighted by molar-refractivity contribution is -0.136. The third kappa shape index (κ3) is 6.17. The number of nitrogens with zero attached hydrogens (tertiary/aromatic N) is 1. The Morgan fingerprint density at radius 2 is 1.77 bits per heavy atom. The van der Waals surface area contributed by atoms with Gasteiger partial charge in [-0.2, -0.15) is 0 Å². The van der Waals surface area contributed by atoms with Crippen LogP contribution >= 0.6 is 0 Å². The van der Waals surface area contributed by atoms with Gasteiger partial charge in [0.15, 0.2) is 0 Å². The minimum Gasteiger partial charge on any atom is -0.481 e. The Balaban J connectivity index is 1.61. The number of aryl methyl sites for hydroxylation is 1. The van der Waals surface area contributed by atoms with Gasteiger partial charge in [-0.1, -0.05) is 12.1 Å². The molecule has 1 amide bonds. The van der Waals surface area contributed by atoms with Crippen molar-refractivity contribution in [1.29, 1.82) is 0 Å². The molecule has 3 aromatic heterocycles. The zero-order chi connectivity index (χ0) is 33.5. The van der Waals surface area contributed by atoms with E-state index < -0.39 is 33.5 Å². The van der Waals surface area contributed by atoms with Gasteiger partial charge in [-0.25, -0.2) is 22.2 Å². The largest absolute Gasteiger partial charge is 0.481 e. The number of sulfonamides is 1. The molecule has 6 aromatic rings. The minimum absolute atomic E-state index is 0.113. The third-order valence-corrected chi connectivity index (χ3v) is 9.05. The van der Waals surface area contributed by atoms with Crippen LogP contribution in [-0.4, -0.2) is 48.2 Å². The number of hydrogen-bond acceptors (Lipinski definition) is 6. The molecule has 0 aliphatic heterocycles. The van der Waals surface area contributed by atoms with Gasteiger partial charge in [-0.3, -0.25) is 14.3 Å². The fourth-order valence-corrected chi connectivity index (χ4v) is 6.04. The van der Waals surface area contributed by atoms with Crippen LogP contribution in [0.1, 0.15) is 29.3 Å². The number of rotatable bonds is 10. The molecule has 0 saturated carbocycles. The van der Waals surface area contributed by atoms with E-state index in [4.69, 9.17) is 9.40 Å². The lowest BCUT2D eigenvalue weighted by atomic mass is 9.99. The molecule has 4 N–H and O–H groups in total. The van der Waals surface area contributed by atoms with E-state index in [-0.39, 0.29) is 46.9 Å². The second-order valence-electron chi connectivity index (χ2n) is 10.8. The zero-order valence-corrected chi connectivity index (χ0v) is 26.0. The number of carboxylic acids is 1. The second-order valence-corrected chi connectivity index (χ2v) is 12.8. The molecule has 0 atom stereocenters. The van der Waals surface area contributed by atoms with Crippen molar-refractivity contribution in [2.45, 2.75) is 19.8 Å². The lowest BCUT2D eigenvalue weighted by Gasteiger charge is -2.14. The molecule has 3 aromatic carbocycles. The number of fused-ring (bicyclic) bond motifs is 2. The summed E-state index contributed by atoms with van der Waals surface area (Å²) >= 11 is 0. The van der Waals surface area contributed by atoms with Crippen LogP contribution in [-0.2, 0) is 21.2 Å². The quantitative estimate of drug-likeness (QED) is 0.127. The number of carbonyl (C=O) groups excluding carboxylic acids is 1. The summed E-state index contributed by atoms with van der Waals surface area (Å²) in [5, 5.41) is 12.6. The molecule has 0 aliphatic rings. The Bertz CT molecular complexity index is 2300. The molecule has 0 unspecified atom stereocenters. The van der Waals surface area contributed by atoms with E-state index in [0.717, 1.165) is 0 Å². The highest BCUT2D eigenvalue weighted by atomic mass is 32.2. The molecule has 0 fully saturated rings. The molecule has 6 rings (SSSR count). The summed E-state index contributed by atoms with van der Waals surface area (Å²) in [7, 11) is -2.37. The van der Waals surface area contributed by atoms with Crippen molar-refractivity contribution in [2.24, 2.45) is 0 Å². The average Bonchev–Trinajstić information content (AvgIpc) is 3.66. The second kappa shape index (κ2) is 12.3. The predicted octanol–water partition coefficient (Wildman–Crippen LogP) is 6.73. The van der Waals surface area contributed by atoms with E-state index in [1.165, 1.54) is 50.4 Å². The number of carbonyl (C=O) groups is 2. The molecule has 13 heteroatoms. The molecule has 0 aliphatic carbocycles. The number of hydrogen-bond donors (Lipinski definition) is 4. The van der Waals surface area contributed by atoms with Gasteiger partial charge in [0, 0.05) is 47.0 Å². The summed E-state index contributed by atoms with van der Waals surface area (Å²) < 4.78 is 62.7. The number of benzene rings is 3. The molecule has 0 bridgehead atoms. The van der Waals surface area contributed by atoms with Crippen molar-refractivity contribution in [1.82, 2.24) is 15.3 Å². The molecule has 0 saturated heterocycles. The molecule has 10 nitrogen and oxygen atoms in total. The van der Waals surface area contributed by atoms with Crippen molar-refractivity contribution in [3.8, 4) is 34.0 Å². The molecule has 0 radical (unpaired) electrons. The molecular weight excluding hydrogens is 630 g/mol. The third-order valence-electron chi connectivity index (χ3n) is 7.76. The van der Waals surface area contributed by atoms with Crippen molar-refractivity contribution in [2.75, 3.05) is 17.5 Å². The van der Waals surface area contributed by atoms with Crippen LogP contribution in [0, 0.1) is 11.6 Å². The summed E-state index contributed by atoms with van der Waals surface area (Å²) in [4.78, 5) is 32.7. The van der Waals surface area contributed by atoms with Crippen molar-refractivity contribution >= 4 is 49.5 Å². The Kier molecular flexibility index (Phi) is 8.24. The Labute approximate surface area is 267 Å². The first-order valence-electron chi connectivity index (χ1n) is 14.6. The van der Waals surface area contributed by atoms with Crippen molar-refractivity contribution in [3.05, 3.63) is 95.6 Å². The van der Waals surface area contributed by atoms with E-state index in [1.807, 2.05) is 0 Å². The van der Waals surface area contributed by atoms with Gasteiger partial charge < -0.3 is 19.8 Å². The summed E-state index contributed by atoms with van der Waals surface area (Å²) in [5.74, 6) is -2.51. The van der Waals surface area contributed by atoms with Gasteiger partial charge in [0.2, 0.25) is 10.0 Å². The molecule has 240 valence electrons. The highest BCUT2D eigenvalue weighted by molar-refractivity contribution is 7.92. The number of aromatic amines is 1. The van der Waals surface area contributed by atoms with Gasteiger partial charge in [-0.15, -0.1) is 0 Å². The van der Waals surface area contributed by atoms with Gasteiger partial charge in [-0.05, 0) is 73.5 Å². The highest BCUT2D eigenvalue weighted by Crippen LogP contribution is 2.40. The Morgan fingerprint density at radius 3 is 2.45 bits per heavy atom. The van der Waals surface area contributed by atoms with E-state index in [9.17, 15) is 31.9 Å². The first-order valence-corrected chi connectivity index (χ1v) is 16.2. The number of aliphatic carboxylic acids is 1. The number of aromatic nitrogens is 2. The van der Waals surface area contributed by atoms with E-state index in [0.29, 0.717) is 44.4 Å². The fourth-order valence-electron chi connectivity index (χ4n) is 5.39. The number of furan rings is 1. The van der Waals surface area contributed by atoms with E-state index in [2.05, 4.69) is 15.0 Å². The standard InChI is InChI=1S/C34H28F2N4O6S/c1-3-47(44,45)40-27-17-29-23(31(34(43)37-2)33(46-29)19-7-11-20(35)12-8-19)15-22(27)26-13-9-18(10-14-30(41)42)32(39-26)28-16-21-24(36)5-4-6-25(21)38-28/h4-9,11-13,15-17,38,40H,3,10,14H2,1-2H3,(H,37,43)(H,41,42). The first-order chi connectivity index (χ1) is 22.5. The lowest BCUT2D eigenvalue weighted by Crippen LogP contribution is -2.18. The molecular formula is C34H28F2N4O6S. The number of carboxylic acid groups (broad SMARTS) is 1. The van der Waals surface area contributed by atoms with Crippen molar-refractivity contribution in [3.63, 3.8) is 0 Å². The fraction of sp³-hybridized carbons (Fsp3) is 0.147. The maximum atomic E-state index is 14.6. The summed E-state index contributed by atoms with van der Waals surface area (Å²) in [6, 6.07) is 17.9. The van der Waals surface area contributed by atoms with E-state index >= 15 is 0 Å². The predicted molar refractivity (Wildman–Crippen MR) is 175 cm³/mol. The summed E-state index contributed by atoms with van der Waals surface area (Å²) in [6.07, 6.45) is -0.0689. The molecule has 3 heterocycles. The van der Waals surface area contributed by atoms with Crippen molar-refractivity contribution < 1.29 is 36.3 Å². The Morgan fingerprint density at radius 1 is 1.00 bits per heavy atom. The number of pyridine rings is 1. The van der Waals surface area contributed by atoms with Gasteiger partial charge in [0.1, 0.15) is 23.0 Å². The maximum Gasteiger partial charge on any atom is 0.303 e. The average molecular weight is 659 g/mol. The number of halogens is 2. The van der Waals surface area contributed by atoms with Crippen LogP contribution in [0.25, 0.3) is 55.8 Å². The highest BCUT2D eigenvalue weighted by Gasteiger charge is 2.25. The number of anilines is 1. The molecule has 0 spiro atoms. The van der Waals surface area contributed by atoms with Crippen LogP contribution in [0.2, 0.25) is 0 Å². The van der Waals surface area contributed by atoms with Gasteiger partial charge >= 0.3 is 5.97 Å². The van der Waals surface area contributed by atoms with Crippen LogP contribution in [0.5, 0.6) is 0 Å². The first kappa shape index (κ1) is 31.4. The summed E-state index contributed by atoms with van der Waals surface area (Å²) in [5.41, 5.74) is 3.28. The Hall–Kier alpha value is -5.56. The SMILES string of the molecule is CCS(=O)(=O)Nc1cc2oc(-c3ccc(F)cc3)c(C(=O)NC)c2cc1-c1ccc(CCC(=O)O)c(-c2cc3c(F)cccc3[nH]2)n1. The summed E-state index contributed by atoms with van der Waals surface area (Å²) in [6.45, 7) is 1.48. The van der Waals surface area contributed by atoms with Gasteiger partial charge in [0.05, 0.1) is 34.1 Å². The van der Waals surface area contributed by atoms with Crippen LogP contribution in [0.15, 0.2) is 77.2 Å². The zero-order valence-electron chi connectivity index (χ0n) is 25.1. The minimum atomic E-state index is -3.82.